The third-order valence-corrected chi connectivity index (χ3v) is 2.55. The van der Waals surface area contributed by atoms with Crippen LogP contribution in [-0.4, -0.2) is 19.5 Å². The summed E-state index contributed by atoms with van der Waals surface area (Å²) in [6, 6.07) is 5.51. The van der Waals surface area contributed by atoms with Crippen LogP contribution in [0.15, 0.2) is 24.3 Å². The van der Waals surface area contributed by atoms with Crippen molar-refractivity contribution in [1.82, 2.24) is 0 Å². The lowest BCUT2D eigenvalue weighted by atomic mass is 10.1. The summed E-state index contributed by atoms with van der Waals surface area (Å²) >= 11 is 0. The SMILES string of the molecule is O=C(O)c1ccc(CS(=O)(=O)Cl)cc1. The zero-order chi connectivity index (χ0) is 10.8. The molecule has 0 heterocycles. The highest BCUT2D eigenvalue weighted by Crippen LogP contribution is 2.10. The van der Waals surface area contributed by atoms with E-state index in [-0.39, 0.29) is 11.3 Å². The zero-order valence-corrected chi connectivity index (χ0v) is 8.55. The topological polar surface area (TPSA) is 71.4 Å². The van der Waals surface area contributed by atoms with Crippen LogP contribution in [0.2, 0.25) is 0 Å². The van der Waals surface area contributed by atoms with Crippen LogP contribution in [0.25, 0.3) is 0 Å². The van der Waals surface area contributed by atoms with E-state index >= 15 is 0 Å². The van der Waals surface area contributed by atoms with Gasteiger partial charge < -0.3 is 5.11 Å². The minimum atomic E-state index is -3.59. The van der Waals surface area contributed by atoms with Crippen molar-refractivity contribution in [1.29, 1.82) is 0 Å². The molecule has 1 rings (SSSR count). The molecule has 14 heavy (non-hydrogen) atoms. The number of hydrogen-bond acceptors (Lipinski definition) is 3. The molecule has 0 saturated heterocycles. The highest BCUT2D eigenvalue weighted by Gasteiger charge is 2.08. The van der Waals surface area contributed by atoms with Gasteiger partial charge >= 0.3 is 5.97 Å². The van der Waals surface area contributed by atoms with Gasteiger partial charge in [-0.1, -0.05) is 12.1 Å². The lowest BCUT2D eigenvalue weighted by Gasteiger charge is -1.98. The lowest BCUT2D eigenvalue weighted by molar-refractivity contribution is 0.0697. The van der Waals surface area contributed by atoms with Gasteiger partial charge in [0, 0.05) is 10.7 Å². The Kier molecular flexibility index (Phi) is 3.13. The first-order chi connectivity index (χ1) is 6.38. The Bertz CT molecular complexity index is 435. The Labute approximate surface area is 85.5 Å². The van der Waals surface area contributed by atoms with Gasteiger partial charge in [-0.05, 0) is 17.7 Å². The minimum Gasteiger partial charge on any atom is -0.478 e. The van der Waals surface area contributed by atoms with Crippen LogP contribution in [0, 0.1) is 0 Å². The average molecular weight is 235 g/mol. The molecule has 1 aromatic carbocycles. The van der Waals surface area contributed by atoms with Gasteiger partial charge in [-0.2, -0.15) is 0 Å². The molecule has 0 amide bonds. The Balaban J connectivity index is 2.90. The van der Waals surface area contributed by atoms with Gasteiger partial charge in [0.05, 0.1) is 11.3 Å². The number of carboxylic acids is 1. The first kappa shape index (κ1) is 11.0. The van der Waals surface area contributed by atoms with Gasteiger partial charge in [-0.15, -0.1) is 0 Å². The highest BCUT2D eigenvalue weighted by molar-refractivity contribution is 8.13. The average Bonchev–Trinajstić information content (AvgIpc) is 2.02. The number of carboxylic acid groups (broad SMARTS) is 1. The maximum Gasteiger partial charge on any atom is 0.335 e. The van der Waals surface area contributed by atoms with Crippen LogP contribution in [0.3, 0.4) is 0 Å². The van der Waals surface area contributed by atoms with Crippen molar-refractivity contribution in [2.75, 3.05) is 0 Å². The molecule has 4 nitrogen and oxygen atoms in total. The molecule has 0 fully saturated rings. The van der Waals surface area contributed by atoms with Crippen LogP contribution in [0.5, 0.6) is 0 Å². The van der Waals surface area contributed by atoms with Gasteiger partial charge in [0.1, 0.15) is 0 Å². The van der Waals surface area contributed by atoms with Crippen molar-refractivity contribution in [3.8, 4) is 0 Å². The lowest BCUT2D eigenvalue weighted by Crippen LogP contribution is -1.98. The normalized spacial score (nSPS) is 11.2. The van der Waals surface area contributed by atoms with Gasteiger partial charge in [0.15, 0.2) is 0 Å². The standard InChI is InChI=1S/C8H7ClO4S/c9-14(12,13)5-6-1-3-7(4-2-6)8(10)11/h1-4H,5H2,(H,10,11). The number of halogens is 1. The van der Waals surface area contributed by atoms with Crippen molar-refractivity contribution in [2.45, 2.75) is 5.75 Å². The number of rotatable bonds is 3. The first-order valence-corrected chi connectivity index (χ1v) is 6.11. The van der Waals surface area contributed by atoms with E-state index in [0.717, 1.165) is 0 Å². The molecule has 6 heteroatoms. The fourth-order valence-electron chi connectivity index (χ4n) is 0.943. The molecule has 0 atom stereocenters. The Morgan fingerprint density at radius 1 is 1.29 bits per heavy atom. The number of aromatic carboxylic acids is 1. The smallest absolute Gasteiger partial charge is 0.335 e. The summed E-state index contributed by atoms with van der Waals surface area (Å²) in [5.41, 5.74) is 0.575. The molecule has 0 saturated carbocycles. The van der Waals surface area contributed by atoms with Crippen molar-refractivity contribution < 1.29 is 18.3 Å². The molecule has 0 bridgehead atoms. The van der Waals surface area contributed by atoms with Crippen LogP contribution < -0.4 is 0 Å². The predicted octanol–water partition coefficient (Wildman–Crippen LogP) is 1.45. The Morgan fingerprint density at radius 3 is 2.14 bits per heavy atom. The molecule has 1 aromatic rings. The van der Waals surface area contributed by atoms with E-state index in [1.165, 1.54) is 24.3 Å². The summed E-state index contributed by atoms with van der Waals surface area (Å²) < 4.78 is 21.3. The quantitative estimate of drug-likeness (QED) is 0.804. The third-order valence-electron chi connectivity index (χ3n) is 1.54. The number of carbonyl (C=O) groups is 1. The second-order valence-corrected chi connectivity index (χ2v) is 5.46. The fraction of sp³-hybridized carbons (Fsp3) is 0.125. The molecule has 0 aliphatic heterocycles. The van der Waals surface area contributed by atoms with E-state index in [1.54, 1.807) is 0 Å². The second kappa shape index (κ2) is 3.98. The van der Waals surface area contributed by atoms with E-state index in [2.05, 4.69) is 0 Å². The van der Waals surface area contributed by atoms with Crippen LogP contribution in [-0.2, 0) is 14.8 Å². The summed E-state index contributed by atoms with van der Waals surface area (Å²) in [4.78, 5) is 10.5. The molecule has 0 radical (unpaired) electrons. The Morgan fingerprint density at radius 2 is 1.79 bits per heavy atom. The summed E-state index contributed by atoms with van der Waals surface area (Å²) in [7, 11) is 1.44. The predicted molar refractivity (Wildman–Crippen MR) is 51.9 cm³/mol. The molecule has 0 unspecified atom stereocenters. The first-order valence-electron chi connectivity index (χ1n) is 3.63. The van der Waals surface area contributed by atoms with Crippen LogP contribution in [0.4, 0.5) is 0 Å². The molecule has 76 valence electrons. The summed E-state index contributed by atoms with van der Waals surface area (Å²) in [5.74, 6) is -1.35. The van der Waals surface area contributed by atoms with Gasteiger partial charge in [-0.3, -0.25) is 0 Å². The van der Waals surface area contributed by atoms with E-state index in [4.69, 9.17) is 15.8 Å². The van der Waals surface area contributed by atoms with E-state index in [0.29, 0.717) is 5.56 Å². The van der Waals surface area contributed by atoms with E-state index in [9.17, 15) is 13.2 Å². The van der Waals surface area contributed by atoms with Crippen LogP contribution in [0.1, 0.15) is 15.9 Å². The molecule has 0 aliphatic carbocycles. The van der Waals surface area contributed by atoms with Gasteiger partial charge in [0.2, 0.25) is 9.05 Å². The molecular formula is C8H7ClO4S. The zero-order valence-electron chi connectivity index (χ0n) is 6.97. The number of hydrogen-bond donors (Lipinski definition) is 1. The maximum absolute atomic E-state index is 10.7. The summed E-state index contributed by atoms with van der Waals surface area (Å²) in [6.45, 7) is 0. The third kappa shape index (κ3) is 3.35. The van der Waals surface area contributed by atoms with Crippen molar-refractivity contribution in [3.05, 3.63) is 35.4 Å². The van der Waals surface area contributed by atoms with Crippen LogP contribution >= 0.6 is 10.7 Å². The molecule has 0 aromatic heterocycles. The molecule has 1 N–H and O–H groups in total. The highest BCUT2D eigenvalue weighted by atomic mass is 35.7. The molecule has 0 aliphatic rings. The Hall–Kier alpha value is -1.07. The largest absolute Gasteiger partial charge is 0.478 e. The van der Waals surface area contributed by atoms with E-state index < -0.39 is 15.0 Å². The summed E-state index contributed by atoms with van der Waals surface area (Å²) in [5, 5.41) is 8.56. The monoisotopic (exact) mass is 234 g/mol. The van der Waals surface area contributed by atoms with E-state index in [1.807, 2.05) is 0 Å². The van der Waals surface area contributed by atoms with Crippen molar-refractivity contribution in [3.63, 3.8) is 0 Å². The van der Waals surface area contributed by atoms with Crippen molar-refractivity contribution >= 4 is 25.7 Å². The molecular weight excluding hydrogens is 228 g/mol. The fourth-order valence-corrected chi connectivity index (χ4v) is 1.91. The summed E-state index contributed by atoms with van der Waals surface area (Å²) in [6.07, 6.45) is 0. The molecule has 0 spiro atoms. The second-order valence-electron chi connectivity index (χ2n) is 2.69. The number of benzene rings is 1. The maximum atomic E-state index is 10.7. The van der Waals surface area contributed by atoms with Crippen molar-refractivity contribution in [2.24, 2.45) is 0 Å². The minimum absolute atomic E-state index is 0.112. The van der Waals surface area contributed by atoms with Gasteiger partial charge in [0.25, 0.3) is 0 Å². The van der Waals surface area contributed by atoms with Gasteiger partial charge in [-0.25, -0.2) is 13.2 Å².